The number of aromatic nitrogens is 2. The molecule has 0 amide bonds. The Morgan fingerprint density at radius 1 is 1.05 bits per heavy atom. The predicted molar refractivity (Wildman–Crippen MR) is 88.3 cm³/mol. The predicted octanol–water partition coefficient (Wildman–Crippen LogP) is 2.35. The maximum absolute atomic E-state index is 4.68. The third-order valence-electron chi connectivity index (χ3n) is 4.82. The lowest BCUT2D eigenvalue weighted by Crippen LogP contribution is -2.44. The van der Waals surface area contributed by atoms with Crippen LogP contribution >= 0.6 is 0 Å². The van der Waals surface area contributed by atoms with Crippen LogP contribution in [-0.2, 0) is 6.42 Å². The van der Waals surface area contributed by atoms with Gasteiger partial charge in [-0.2, -0.15) is 0 Å². The van der Waals surface area contributed by atoms with Crippen molar-refractivity contribution < 1.29 is 0 Å². The molecule has 1 fully saturated rings. The number of rotatable bonds is 2. The van der Waals surface area contributed by atoms with Crippen molar-refractivity contribution in [3.05, 3.63) is 53.5 Å². The topological polar surface area (TPSA) is 41.1 Å². The van der Waals surface area contributed by atoms with Crippen LogP contribution in [0.2, 0.25) is 0 Å². The average molecular weight is 294 g/mol. The van der Waals surface area contributed by atoms with Crippen molar-refractivity contribution >= 4 is 5.82 Å². The highest BCUT2D eigenvalue weighted by Crippen LogP contribution is 2.38. The van der Waals surface area contributed by atoms with Gasteiger partial charge in [0.15, 0.2) is 0 Å². The minimum absolute atomic E-state index is 0.426. The van der Waals surface area contributed by atoms with Gasteiger partial charge in [-0.05, 0) is 24.8 Å². The molecule has 0 bridgehead atoms. The molecule has 0 spiro atoms. The quantitative estimate of drug-likeness (QED) is 0.923. The Hall–Kier alpha value is -1.94. The van der Waals surface area contributed by atoms with Crippen LogP contribution in [0.1, 0.15) is 35.6 Å². The molecule has 22 heavy (non-hydrogen) atoms. The number of benzene rings is 1. The van der Waals surface area contributed by atoms with Crippen LogP contribution in [-0.4, -0.2) is 36.1 Å². The minimum atomic E-state index is 0.426. The van der Waals surface area contributed by atoms with Crippen LogP contribution in [0.5, 0.6) is 0 Å². The molecule has 4 rings (SSSR count). The van der Waals surface area contributed by atoms with Crippen molar-refractivity contribution in [3.63, 3.8) is 0 Å². The molecule has 2 aliphatic rings. The number of nitrogens with zero attached hydrogens (tertiary/aromatic N) is 3. The largest absolute Gasteiger partial charge is 0.354 e. The summed E-state index contributed by atoms with van der Waals surface area (Å²) in [5.41, 5.74) is 4.01. The molecule has 2 heterocycles. The van der Waals surface area contributed by atoms with Crippen molar-refractivity contribution in [1.82, 2.24) is 15.3 Å². The Morgan fingerprint density at radius 2 is 1.86 bits per heavy atom. The van der Waals surface area contributed by atoms with Gasteiger partial charge >= 0.3 is 0 Å². The standard InChI is InChI=1S/C18H22N4/c1-2-5-14(6-3-1)15-7-4-8-16-17(15)20-13-21-18(16)22-11-9-19-10-12-22/h1-3,5-6,13,15,19H,4,7-12H2. The lowest BCUT2D eigenvalue weighted by molar-refractivity contribution is 0.565. The number of hydrogen-bond acceptors (Lipinski definition) is 4. The normalized spacial score (nSPS) is 21.5. The zero-order valence-corrected chi connectivity index (χ0v) is 12.8. The van der Waals surface area contributed by atoms with Gasteiger partial charge in [0.2, 0.25) is 0 Å². The van der Waals surface area contributed by atoms with Crippen LogP contribution in [0, 0.1) is 0 Å². The van der Waals surface area contributed by atoms with Gasteiger partial charge in [0, 0.05) is 37.7 Å². The van der Waals surface area contributed by atoms with Gasteiger partial charge in [0.1, 0.15) is 12.1 Å². The third kappa shape index (κ3) is 2.48. The van der Waals surface area contributed by atoms with E-state index in [0.717, 1.165) is 32.6 Å². The van der Waals surface area contributed by atoms with Crippen molar-refractivity contribution in [2.75, 3.05) is 31.1 Å². The molecule has 1 atom stereocenters. The van der Waals surface area contributed by atoms with Gasteiger partial charge < -0.3 is 10.2 Å². The molecule has 0 saturated carbocycles. The van der Waals surface area contributed by atoms with E-state index >= 15 is 0 Å². The molecule has 4 heteroatoms. The Morgan fingerprint density at radius 3 is 2.68 bits per heavy atom. The second kappa shape index (κ2) is 6.05. The molecule has 1 aliphatic carbocycles. The summed E-state index contributed by atoms with van der Waals surface area (Å²) in [6, 6.07) is 10.8. The summed E-state index contributed by atoms with van der Waals surface area (Å²) >= 11 is 0. The number of piperazine rings is 1. The summed E-state index contributed by atoms with van der Waals surface area (Å²) in [5, 5.41) is 3.41. The Kier molecular flexibility index (Phi) is 3.77. The molecular formula is C18H22N4. The minimum Gasteiger partial charge on any atom is -0.354 e. The third-order valence-corrected chi connectivity index (χ3v) is 4.82. The number of anilines is 1. The first-order valence-electron chi connectivity index (χ1n) is 8.28. The summed E-state index contributed by atoms with van der Waals surface area (Å²) < 4.78 is 0. The zero-order chi connectivity index (χ0) is 14.8. The first-order chi connectivity index (χ1) is 10.9. The van der Waals surface area contributed by atoms with Gasteiger partial charge in [-0.1, -0.05) is 30.3 Å². The zero-order valence-electron chi connectivity index (χ0n) is 12.8. The molecule has 114 valence electrons. The van der Waals surface area contributed by atoms with Gasteiger partial charge in [-0.15, -0.1) is 0 Å². The van der Waals surface area contributed by atoms with E-state index in [1.165, 1.54) is 35.5 Å². The summed E-state index contributed by atoms with van der Waals surface area (Å²) in [4.78, 5) is 11.7. The second-order valence-corrected chi connectivity index (χ2v) is 6.15. The van der Waals surface area contributed by atoms with E-state index in [1.54, 1.807) is 6.33 Å². The molecule has 1 aromatic carbocycles. The fourth-order valence-corrected chi connectivity index (χ4v) is 3.74. The van der Waals surface area contributed by atoms with Gasteiger partial charge in [0.25, 0.3) is 0 Å². The number of nitrogens with one attached hydrogen (secondary N) is 1. The van der Waals surface area contributed by atoms with Crippen LogP contribution < -0.4 is 10.2 Å². The highest BCUT2D eigenvalue weighted by Gasteiger charge is 2.27. The van der Waals surface area contributed by atoms with Gasteiger partial charge in [-0.25, -0.2) is 9.97 Å². The van der Waals surface area contributed by atoms with E-state index in [2.05, 4.69) is 50.5 Å². The van der Waals surface area contributed by atoms with Crippen LogP contribution in [0.25, 0.3) is 0 Å². The highest BCUT2D eigenvalue weighted by molar-refractivity contribution is 5.52. The SMILES string of the molecule is c1ccc(C2CCCc3c2ncnc3N2CCNCC2)cc1. The Labute approximate surface area is 131 Å². The maximum Gasteiger partial charge on any atom is 0.135 e. The molecule has 1 aromatic heterocycles. The molecule has 4 nitrogen and oxygen atoms in total. The van der Waals surface area contributed by atoms with Crippen molar-refractivity contribution in [2.45, 2.75) is 25.2 Å². The second-order valence-electron chi connectivity index (χ2n) is 6.15. The van der Waals surface area contributed by atoms with Gasteiger partial charge in [0.05, 0.1) is 5.69 Å². The fraction of sp³-hybridized carbons (Fsp3) is 0.444. The van der Waals surface area contributed by atoms with Crippen molar-refractivity contribution in [1.29, 1.82) is 0 Å². The van der Waals surface area contributed by atoms with Crippen LogP contribution in [0.3, 0.4) is 0 Å². The maximum atomic E-state index is 4.68. The Balaban J connectivity index is 1.73. The van der Waals surface area contributed by atoms with E-state index in [9.17, 15) is 0 Å². The summed E-state index contributed by atoms with van der Waals surface area (Å²) in [6.45, 7) is 4.17. The molecule has 0 radical (unpaired) electrons. The van der Waals surface area contributed by atoms with Crippen molar-refractivity contribution in [2.24, 2.45) is 0 Å². The molecular weight excluding hydrogens is 272 g/mol. The van der Waals surface area contributed by atoms with Crippen LogP contribution in [0.4, 0.5) is 5.82 Å². The van der Waals surface area contributed by atoms with E-state index in [1.807, 2.05) is 0 Å². The van der Waals surface area contributed by atoms with Crippen LogP contribution in [0.15, 0.2) is 36.7 Å². The van der Waals surface area contributed by atoms with Crippen molar-refractivity contribution in [3.8, 4) is 0 Å². The average Bonchev–Trinajstić information content (AvgIpc) is 2.62. The molecule has 1 aliphatic heterocycles. The summed E-state index contributed by atoms with van der Waals surface area (Å²) in [5.74, 6) is 1.60. The lowest BCUT2D eigenvalue weighted by atomic mass is 9.82. The summed E-state index contributed by atoms with van der Waals surface area (Å²) in [7, 11) is 0. The molecule has 1 saturated heterocycles. The smallest absolute Gasteiger partial charge is 0.135 e. The molecule has 2 aromatic rings. The van der Waals surface area contributed by atoms with E-state index in [4.69, 9.17) is 0 Å². The fourth-order valence-electron chi connectivity index (χ4n) is 3.74. The highest BCUT2D eigenvalue weighted by atomic mass is 15.2. The number of hydrogen-bond donors (Lipinski definition) is 1. The lowest BCUT2D eigenvalue weighted by Gasteiger charge is -2.33. The van der Waals surface area contributed by atoms with E-state index < -0.39 is 0 Å². The van der Waals surface area contributed by atoms with E-state index in [-0.39, 0.29) is 0 Å². The Bertz CT molecular complexity index is 635. The molecule has 1 N–H and O–H groups in total. The summed E-state index contributed by atoms with van der Waals surface area (Å²) in [6.07, 6.45) is 5.28. The first kappa shape index (κ1) is 13.7. The monoisotopic (exact) mass is 294 g/mol. The molecule has 1 unspecified atom stereocenters. The van der Waals surface area contributed by atoms with Gasteiger partial charge in [-0.3, -0.25) is 0 Å². The number of fused-ring (bicyclic) bond motifs is 1. The van der Waals surface area contributed by atoms with E-state index in [0.29, 0.717) is 5.92 Å². The first-order valence-corrected chi connectivity index (χ1v) is 8.28.